The van der Waals surface area contributed by atoms with Crippen molar-refractivity contribution in [2.45, 2.75) is 65.6 Å². The molecule has 0 bridgehead atoms. The lowest BCUT2D eigenvalue weighted by molar-refractivity contribution is 0.319. The first-order chi connectivity index (χ1) is 11.5. The Morgan fingerprint density at radius 2 is 1.79 bits per heavy atom. The highest BCUT2D eigenvalue weighted by Crippen LogP contribution is 2.40. The van der Waals surface area contributed by atoms with Gasteiger partial charge in [-0.1, -0.05) is 76.3 Å². The number of hydrogen-bond acceptors (Lipinski definition) is 4. The lowest BCUT2D eigenvalue weighted by Gasteiger charge is -2.41. The number of amidine groups is 1. The topological polar surface area (TPSA) is 76.8 Å². The molecular formula is C20H32N4. The zero-order valence-corrected chi connectivity index (χ0v) is 15.3. The van der Waals surface area contributed by atoms with Gasteiger partial charge in [0.25, 0.3) is 0 Å². The molecular weight excluding hydrogens is 296 g/mol. The summed E-state index contributed by atoms with van der Waals surface area (Å²) < 4.78 is 0. The van der Waals surface area contributed by atoms with Crippen molar-refractivity contribution in [3.8, 4) is 0 Å². The van der Waals surface area contributed by atoms with E-state index in [1.165, 1.54) is 25.7 Å². The van der Waals surface area contributed by atoms with Crippen molar-refractivity contribution < 1.29 is 0 Å². The van der Waals surface area contributed by atoms with Gasteiger partial charge < -0.3 is 5.73 Å². The van der Waals surface area contributed by atoms with Crippen molar-refractivity contribution in [3.05, 3.63) is 35.9 Å². The third kappa shape index (κ3) is 3.86. The fourth-order valence-corrected chi connectivity index (χ4v) is 3.78. The van der Waals surface area contributed by atoms with E-state index < -0.39 is 6.29 Å². The molecule has 1 heterocycles. The number of unbranched alkanes of at least 4 members (excludes halogenated alkanes) is 3. The number of nitrogens with two attached hydrogens (primary N) is 2. The van der Waals surface area contributed by atoms with Crippen LogP contribution in [0.3, 0.4) is 0 Å². The maximum Gasteiger partial charge on any atom is 0.193 e. The highest BCUT2D eigenvalue weighted by Gasteiger charge is 2.44. The smallest absolute Gasteiger partial charge is 0.193 e. The molecule has 0 amide bonds. The van der Waals surface area contributed by atoms with Crippen LogP contribution in [-0.2, 0) is 0 Å². The number of nitrogens with zero attached hydrogens (tertiary/aromatic N) is 2. The molecule has 0 aliphatic carbocycles. The summed E-state index contributed by atoms with van der Waals surface area (Å²) in [6.07, 6.45) is 6.65. The molecule has 0 saturated carbocycles. The second-order valence-corrected chi connectivity index (χ2v) is 6.93. The van der Waals surface area contributed by atoms with Crippen molar-refractivity contribution in [1.82, 2.24) is 0 Å². The summed E-state index contributed by atoms with van der Waals surface area (Å²) in [7, 11) is 0. The molecule has 0 saturated heterocycles. The van der Waals surface area contributed by atoms with Crippen molar-refractivity contribution in [1.29, 1.82) is 0 Å². The molecule has 4 N–H and O–H groups in total. The van der Waals surface area contributed by atoms with E-state index in [1.54, 1.807) is 0 Å². The standard InChI is InChI=1S/C20H32N4/c1-4-6-7-11-14-16(5-2)20(3)17(15-12-9-8-10-13-15)23-19(22)24-18(20)21/h8-10,12-13,16,19H,4-7,11,14,22H2,1-3H3,(H2,21,24). The van der Waals surface area contributed by atoms with Crippen LogP contribution in [0.1, 0.15) is 64.9 Å². The zero-order valence-electron chi connectivity index (χ0n) is 15.3. The quantitative estimate of drug-likeness (QED) is 0.705. The molecule has 4 nitrogen and oxygen atoms in total. The van der Waals surface area contributed by atoms with Gasteiger partial charge in [-0.2, -0.15) is 0 Å². The fourth-order valence-electron chi connectivity index (χ4n) is 3.78. The number of aliphatic imine (C=N–C) groups is 2. The molecule has 0 aromatic heterocycles. The number of hydrogen-bond donors (Lipinski definition) is 2. The Balaban J connectivity index is 2.33. The van der Waals surface area contributed by atoms with Gasteiger partial charge >= 0.3 is 0 Å². The van der Waals surface area contributed by atoms with Gasteiger partial charge in [0, 0.05) is 0 Å². The Hall–Kier alpha value is -1.68. The molecule has 0 radical (unpaired) electrons. The molecule has 24 heavy (non-hydrogen) atoms. The van der Waals surface area contributed by atoms with Crippen LogP contribution in [-0.4, -0.2) is 17.8 Å². The molecule has 0 spiro atoms. The normalized spacial score (nSPS) is 25.1. The van der Waals surface area contributed by atoms with E-state index in [4.69, 9.17) is 16.5 Å². The summed E-state index contributed by atoms with van der Waals surface area (Å²) in [6, 6.07) is 10.3. The predicted octanol–water partition coefficient (Wildman–Crippen LogP) is 4.09. The van der Waals surface area contributed by atoms with E-state index in [1.807, 2.05) is 18.2 Å². The minimum absolute atomic E-state index is 0.349. The van der Waals surface area contributed by atoms with Gasteiger partial charge in [-0.3, -0.25) is 5.73 Å². The molecule has 1 aliphatic rings. The van der Waals surface area contributed by atoms with Crippen molar-refractivity contribution in [3.63, 3.8) is 0 Å². The Labute approximate surface area is 146 Å². The van der Waals surface area contributed by atoms with Crippen LogP contribution in [0.15, 0.2) is 40.3 Å². The van der Waals surface area contributed by atoms with Gasteiger partial charge in [0.05, 0.1) is 11.1 Å². The predicted molar refractivity (Wildman–Crippen MR) is 103 cm³/mol. The summed E-state index contributed by atoms with van der Waals surface area (Å²) in [5.74, 6) is 1.05. The van der Waals surface area contributed by atoms with E-state index in [2.05, 4.69) is 37.9 Å². The summed E-state index contributed by atoms with van der Waals surface area (Å²) in [4.78, 5) is 9.11. The van der Waals surface area contributed by atoms with Crippen LogP contribution >= 0.6 is 0 Å². The number of benzene rings is 1. The maximum atomic E-state index is 6.43. The second-order valence-electron chi connectivity index (χ2n) is 6.93. The van der Waals surface area contributed by atoms with Gasteiger partial charge in [-0.05, 0) is 24.8 Å². The molecule has 0 fully saturated rings. The Morgan fingerprint density at radius 3 is 2.42 bits per heavy atom. The van der Waals surface area contributed by atoms with Gasteiger partial charge in [-0.25, -0.2) is 9.98 Å². The van der Waals surface area contributed by atoms with Gasteiger partial charge in [-0.15, -0.1) is 0 Å². The largest absolute Gasteiger partial charge is 0.387 e. The average Bonchev–Trinajstić information content (AvgIpc) is 2.59. The second kappa shape index (κ2) is 8.43. The van der Waals surface area contributed by atoms with Crippen LogP contribution < -0.4 is 11.5 Å². The van der Waals surface area contributed by atoms with Crippen LogP contribution in [0.2, 0.25) is 0 Å². The number of rotatable bonds is 8. The molecule has 132 valence electrons. The van der Waals surface area contributed by atoms with Crippen LogP contribution in [0, 0.1) is 11.3 Å². The van der Waals surface area contributed by atoms with Gasteiger partial charge in [0.15, 0.2) is 6.29 Å². The third-order valence-electron chi connectivity index (χ3n) is 5.32. The molecule has 2 rings (SSSR count). The summed E-state index contributed by atoms with van der Waals surface area (Å²) in [5, 5.41) is 0. The van der Waals surface area contributed by atoms with Crippen LogP contribution in [0.25, 0.3) is 0 Å². The van der Waals surface area contributed by atoms with E-state index in [0.717, 1.165) is 24.1 Å². The first-order valence-corrected chi connectivity index (χ1v) is 9.27. The Morgan fingerprint density at radius 1 is 1.08 bits per heavy atom. The molecule has 4 heteroatoms. The molecule has 1 aromatic carbocycles. The van der Waals surface area contributed by atoms with Crippen molar-refractivity contribution >= 4 is 11.5 Å². The van der Waals surface area contributed by atoms with Crippen molar-refractivity contribution in [2.75, 3.05) is 0 Å². The van der Waals surface area contributed by atoms with Gasteiger partial charge in [0.1, 0.15) is 5.84 Å². The molecule has 3 atom stereocenters. The Bertz CT molecular complexity index is 579. The SMILES string of the molecule is CCCCCCC(CC)C1(C)C(N)=NC(N)N=C1c1ccccc1. The lowest BCUT2D eigenvalue weighted by atomic mass is 9.67. The third-order valence-corrected chi connectivity index (χ3v) is 5.32. The van der Waals surface area contributed by atoms with E-state index in [-0.39, 0.29) is 5.41 Å². The average molecular weight is 329 g/mol. The summed E-state index contributed by atoms with van der Waals surface area (Å²) in [6.45, 7) is 6.67. The monoisotopic (exact) mass is 328 g/mol. The first-order valence-electron chi connectivity index (χ1n) is 9.27. The fraction of sp³-hybridized carbons (Fsp3) is 0.600. The van der Waals surface area contributed by atoms with E-state index in [9.17, 15) is 0 Å². The Kier molecular flexibility index (Phi) is 6.55. The molecule has 1 aromatic rings. The van der Waals surface area contributed by atoms with Crippen molar-refractivity contribution in [2.24, 2.45) is 32.8 Å². The van der Waals surface area contributed by atoms with E-state index in [0.29, 0.717) is 11.8 Å². The highest BCUT2D eigenvalue weighted by molar-refractivity contribution is 6.18. The summed E-state index contributed by atoms with van der Waals surface area (Å²) in [5.41, 5.74) is 14.2. The van der Waals surface area contributed by atoms with Crippen LogP contribution in [0.5, 0.6) is 0 Å². The van der Waals surface area contributed by atoms with Gasteiger partial charge in [0.2, 0.25) is 0 Å². The zero-order chi connectivity index (χ0) is 17.6. The van der Waals surface area contributed by atoms with E-state index >= 15 is 0 Å². The maximum absolute atomic E-state index is 6.43. The molecule has 3 unspecified atom stereocenters. The minimum atomic E-state index is -0.592. The molecule has 1 aliphatic heterocycles. The minimum Gasteiger partial charge on any atom is -0.387 e. The summed E-state index contributed by atoms with van der Waals surface area (Å²) >= 11 is 0. The first kappa shape index (κ1) is 18.7. The lowest BCUT2D eigenvalue weighted by Crippen LogP contribution is -2.51. The van der Waals surface area contributed by atoms with Crippen LogP contribution in [0.4, 0.5) is 0 Å². The highest BCUT2D eigenvalue weighted by atomic mass is 15.2.